The molecule has 1 aromatic carbocycles. The number of hydrogen-bond acceptors (Lipinski definition) is 2. The van der Waals surface area contributed by atoms with Gasteiger partial charge in [0.2, 0.25) is 6.17 Å². The van der Waals surface area contributed by atoms with Gasteiger partial charge in [-0.15, -0.1) is 0 Å². The van der Waals surface area contributed by atoms with Crippen molar-refractivity contribution < 1.29 is 0 Å². The molecule has 1 aliphatic rings. The van der Waals surface area contributed by atoms with Crippen LogP contribution in [0.4, 0.5) is 0 Å². The molecule has 0 fully saturated rings. The second-order valence-corrected chi connectivity index (χ2v) is 6.94. The summed E-state index contributed by atoms with van der Waals surface area (Å²) >= 11 is 0. The molecule has 24 heavy (non-hydrogen) atoms. The molecule has 2 unspecified atom stereocenters. The molecule has 2 heteroatoms. The van der Waals surface area contributed by atoms with Crippen LogP contribution in [0.3, 0.4) is 0 Å². The van der Waals surface area contributed by atoms with Crippen molar-refractivity contribution >= 4 is 12.4 Å². The van der Waals surface area contributed by atoms with Gasteiger partial charge >= 0.3 is 0 Å². The van der Waals surface area contributed by atoms with E-state index >= 15 is 0 Å². The summed E-state index contributed by atoms with van der Waals surface area (Å²) in [7, 11) is 0. The number of benzene rings is 1. The Morgan fingerprint density at radius 1 is 0.875 bits per heavy atom. The molecular formula is C22H33N2+. The Morgan fingerprint density at radius 2 is 1.54 bits per heavy atom. The molecule has 1 aliphatic heterocycles. The highest BCUT2D eigenvalue weighted by molar-refractivity contribution is 6.18. The minimum Gasteiger partial charge on any atom is -0.0965 e. The van der Waals surface area contributed by atoms with Gasteiger partial charge < -0.3 is 0 Å². The number of unbranched alkanes of at least 4 members (excludes halogenated alkanes) is 5. The van der Waals surface area contributed by atoms with E-state index in [1.54, 1.807) is 0 Å². The molecule has 0 amide bonds. The van der Waals surface area contributed by atoms with Crippen molar-refractivity contribution in [2.75, 3.05) is 0 Å². The smallest absolute Gasteiger partial charge is 0.0965 e. The highest BCUT2D eigenvalue weighted by atomic mass is 15.0. The lowest BCUT2D eigenvalue weighted by Gasteiger charge is -2.24. The first-order valence-electron chi connectivity index (χ1n) is 9.82. The van der Waals surface area contributed by atoms with Gasteiger partial charge in [-0.25, -0.2) is 0 Å². The molecule has 0 aliphatic carbocycles. The van der Waals surface area contributed by atoms with Gasteiger partial charge in [-0.1, -0.05) is 99.1 Å². The SMILES string of the molecule is CCCCCCCCC([C+]1N=CC=N1)C(CC)Cc1ccccc1. The van der Waals surface area contributed by atoms with Crippen molar-refractivity contribution in [3.63, 3.8) is 0 Å². The lowest BCUT2D eigenvalue weighted by atomic mass is 9.80. The van der Waals surface area contributed by atoms with E-state index in [1.807, 2.05) is 12.4 Å². The van der Waals surface area contributed by atoms with Crippen LogP contribution in [-0.4, -0.2) is 12.4 Å². The first-order valence-corrected chi connectivity index (χ1v) is 9.82. The predicted molar refractivity (Wildman–Crippen MR) is 106 cm³/mol. The zero-order valence-electron chi connectivity index (χ0n) is 15.5. The Morgan fingerprint density at radius 3 is 2.21 bits per heavy atom. The van der Waals surface area contributed by atoms with Crippen LogP contribution in [0.15, 0.2) is 40.3 Å². The van der Waals surface area contributed by atoms with E-state index in [-0.39, 0.29) is 0 Å². The van der Waals surface area contributed by atoms with Gasteiger partial charge in [-0.3, -0.25) is 0 Å². The van der Waals surface area contributed by atoms with Gasteiger partial charge in [0.05, 0.1) is 5.92 Å². The first kappa shape index (κ1) is 18.8. The third-order valence-corrected chi connectivity index (χ3v) is 5.11. The van der Waals surface area contributed by atoms with Crippen LogP contribution in [0.1, 0.15) is 70.8 Å². The maximum Gasteiger partial charge on any atom is 0.244 e. The Kier molecular flexibility index (Phi) is 8.65. The summed E-state index contributed by atoms with van der Waals surface area (Å²) in [6.45, 7) is 4.59. The third-order valence-electron chi connectivity index (χ3n) is 5.11. The quantitative estimate of drug-likeness (QED) is 0.320. The normalized spacial score (nSPS) is 15.8. The number of hydrogen-bond donors (Lipinski definition) is 0. The zero-order chi connectivity index (χ0) is 17.0. The molecular weight excluding hydrogens is 292 g/mol. The van der Waals surface area contributed by atoms with Crippen molar-refractivity contribution in [1.82, 2.24) is 0 Å². The molecule has 2 atom stereocenters. The maximum atomic E-state index is 4.54. The van der Waals surface area contributed by atoms with Crippen LogP contribution in [0.25, 0.3) is 0 Å². The van der Waals surface area contributed by atoms with Gasteiger partial charge in [0, 0.05) is 0 Å². The first-order chi connectivity index (χ1) is 11.8. The highest BCUT2D eigenvalue weighted by Gasteiger charge is 2.34. The van der Waals surface area contributed by atoms with Crippen LogP contribution in [0.2, 0.25) is 0 Å². The van der Waals surface area contributed by atoms with Gasteiger partial charge in [0.15, 0.2) is 12.4 Å². The van der Waals surface area contributed by atoms with Gasteiger partial charge in [-0.2, -0.15) is 0 Å². The fourth-order valence-electron chi connectivity index (χ4n) is 3.65. The lowest BCUT2D eigenvalue weighted by Crippen LogP contribution is -2.21. The fraction of sp³-hybridized carbons (Fsp3) is 0.591. The molecule has 0 bridgehead atoms. The summed E-state index contributed by atoms with van der Waals surface area (Å²) in [4.78, 5) is 9.09. The summed E-state index contributed by atoms with van der Waals surface area (Å²) in [6.07, 6.45) is 16.4. The Bertz CT molecular complexity index is 480. The van der Waals surface area contributed by atoms with E-state index in [1.165, 1.54) is 56.9 Å². The van der Waals surface area contributed by atoms with E-state index in [2.05, 4.69) is 54.2 Å². The highest BCUT2D eigenvalue weighted by Crippen LogP contribution is 2.35. The Hall–Kier alpha value is -1.57. The Balaban J connectivity index is 1.90. The molecule has 2 rings (SSSR count). The standard InChI is InChI=1S/C22H33N2/c1-3-5-6-7-8-12-15-21(22-23-16-17-24-22)20(4-2)18-19-13-10-9-11-14-19/h9-11,13-14,16-17,20-21H,3-8,12,15,18H2,1-2H3/q+1. The van der Waals surface area contributed by atoms with Crippen LogP contribution >= 0.6 is 0 Å². The number of nitrogens with zero attached hydrogens (tertiary/aromatic N) is 2. The van der Waals surface area contributed by atoms with Crippen molar-refractivity contribution in [2.45, 2.75) is 71.6 Å². The summed E-state index contributed by atoms with van der Waals surface area (Å²) in [5, 5.41) is 0. The third kappa shape index (κ3) is 6.14. The molecule has 2 nitrogen and oxygen atoms in total. The topological polar surface area (TPSA) is 24.7 Å². The zero-order valence-corrected chi connectivity index (χ0v) is 15.5. The predicted octanol–water partition coefficient (Wildman–Crippen LogP) is 6.27. The molecule has 0 saturated heterocycles. The van der Waals surface area contributed by atoms with E-state index < -0.39 is 0 Å². The molecule has 1 aromatic rings. The molecule has 0 saturated carbocycles. The fourth-order valence-corrected chi connectivity index (χ4v) is 3.65. The maximum absolute atomic E-state index is 4.54. The van der Waals surface area contributed by atoms with E-state index in [9.17, 15) is 0 Å². The number of aliphatic imine (C=N–C) groups is 2. The van der Waals surface area contributed by atoms with Crippen LogP contribution < -0.4 is 0 Å². The van der Waals surface area contributed by atoms with Gasteiger partial charge in [-0.05, 0) is 24.3 Å². The van der Waals surface area contributed by atoms with Crippen molar-refractivity contribution in [3.05, 3.63) is 42.1 Å². The minimum atomic E-state index is 0.497. The van der Waals surface area contributed by atoms with Gasteiger partial charge in [0.1, 0.15) is 0 Å². The summed E-state index contributed by atoms with van der Waals surface area (Å²) < 4.78 is 0. The second kappa shape index (κ2) is 11.1. The summed E-state index contributed by atoms with van der Waals surface area (Å²) in [5.74, 6) is 1.13. The monoisotopic (exact) mass is 325 g/mol. The minimum absolute atomic E-state index is 0.497. The van der Waals surface area contributed by atoms with Crippen molar-refractivity contribution in [1.29, 1.82) is 0 Å². The summed E-state index contributed by atoms with van der Waals surface area (Å²) in [5.41, 5.74) is 1.43. The number of rotatable bonds is 12. The molecule has 0 aromatic heterocycles. The average molecular weight is 326 g/mol. The van der Waals surface area contributed by atoms with Crippen LogP contribution in [0.5, 0.6) is 0 Å². The van der Waals surface area contributed by atoms with Crippen LogP contribution in [0, 0.1) is 18.0 Å². The van der Waals surface area contributed by atoms with E-state index in [0.29, 0.717) is 11.8 Å². The van der Waals surface area contributed by atoms with E-state index in [0.717, 1.165) is 12.6 Å². The van der Waals surface area contributed by atoms with E-state index in [4.69, 9.17) is 0 Å². The second-order valence-electron chi connectivity index (χ2n) is 6.94. The largest absolute Gasteiger partial charge is 0.244 e. The van der Waals surface area contributed by atoms with Crippen LogP contribution in [-0.2, 0) is 6.42 Å². The Labute approximate surface area is 148 Å². The van der Waals surface area contributed by atoms with Crippen molar-refractivity contribution in [2.24, 2.45) is 21.8 Å². The molecule has 1 heterocycles. The molecule has 0 radical (unpaired) electrons. The average Bonchev–Trinajstić information content (AvgIpc) is 3.15. The lowest BCUT2D eigenvalue weighted by molar-refractivity contribution is 0.300. The summed E-state index contributed by atoms with van der Waals surface area (Å²) in [6, 6.07) is 10.9. The van der Waals surface area contributed by atoms with Crippen molar-refractivity contribution in [3.8, 4) is 0 Å². The molecule has 0 spiro atoms. The molecule has 130 valence electrons. The molecule has 0 N–H and O–H groups in total. The van der Waals surface area contributed by atoms with Gasteiger partial charge in [0.25, 0.3) is 0 Å².